The highest BCUT2D eigenvalue weighted by molar-refractivity contribution is 7.25. The second kappa shape index (κ2) is 9.94. The predicted molar refractivity (Wildman–Crippen MR) is 212 cm³/mol. The Kier molecular flexibility index (Phi) is 5.29. The molecule has 5 aromatic heterocycles. The minimum absolute atomic E-state index is 0.796. The summed E-state index contributed by atoms with van der Waals surface area (Å²) >= 11 is 1.83. The molecule has 7 heteroatoms. The van der Waals surface area contributed by atoms with E-state index < -0.39 is 0 Å². The summed E-state index contributed by atoms with van der Waals surface area (Å²) in [6.07, 6.45) is 0. The molecule has 12 aromatic rings. The lowest BCUT2D eigenvalue weighted by atomic mass is 10.1. The third-order valence-electron chi connectivity index (χ3n) is 10.4. The summed E-state index contributed by atoms with van der Waals surface area (Å²) < 4.78 is 11.8. The SMILES string of the molecule is c1ccc2c(c1)nc1n(-c3ccc4sc5ccccc5c4c3)c3nc4ccccc4n3c3cc(-n4c5ccccc5c5ccccc54)ccc3n21. The van der Waals surface area contributed by atoms with Gasteiger partial charge in [-0.2, -0.15) is 0 Å². The number of benzene rings is 7. The van der Waals surface area contributed by atoms with E-state index in [1.165, 1.54) is 42.0 Å². The van der Waals surface area contributed by atoms with Gasteiger partial charge in [0, 0.05) is 36.6 Å². The number of nitrogens with zero attached hydrogens (tertiary/aromatic N) is 6. The van der Waals surface area contributed by atoms with Crippen molar-refractivity contribution in [2.24, 2.45) is 0 Å². The molecule has 0 N–H and O–H groups in total. The van der Waals surface area contributed by atoms with E-state index in [1.54, 1.807) is 0 Å². The number of fused-ring (bicyclic) bond motifs is 15. The van der Waals surface area contributed by atoms with E-state index in [0.717, 1.165) is 56.0 Å². The molecule has 0 atom stereocenters. The Hall–Kier alpha value is -6.70. The average Bonchev–Trinajstić information content (AvgIpc) is 3.92. The number of aromatic nitrogens is 6. The second-order valence-electron chi connectivity index (χ2n) is 13.1. The molecule has 6 nitrogen and oxygen atoms in total. The number of hydrogen-bond donors (Lipinski definition) is 0. The van der Waals surface area contributed by atoms with Crippen molar-refractivity contribution in [2.45, 2.75) is 0 Å². The first kappa shape index (κ1) is 27.2. The Bertz CT molecular complexity index is 3390. The van der Waals surface area contributed by atoms with Gasteiger partial charge in [-0.15, -0.1) is 11.3 Å². The Balaban J connectivity index is 1.30. The van der Waals surface area contributed by atoms with Crippen molar-refractivity contribution in [3.8, 4) is 11.4 Å². The van der Waals surface area contributed by atoms with Crippen LogP contribution in [0.3, 0.4) is 0 Å². The summed E-state index contributed by atoms with van der Waals surface area (Å²) in [5, 5.41) is 4.97. The van der Waals surface area contributed by atoms with Crippen LogP contribution in [0.15, 0.2) is 158 Å². The first-order valence-corrected chi connectivity index (χ1v) is 17.9. The molecule has 12 rings (SSSR count). The van der Waals surface area contributed by atoms with Gasteiger partial charge < -0.3 is 4.57 Å². The topological polar surface area (TPSA) is 44.5 Å². The van der Waals surface area contributed by atoms with Crippen molar-refractivity contribution in [2.75, 3.05) is 0 Å². The molecule has 0 aliphatic heterocycles. The molecule has 5 heterocycles. The van der Waals surface area contributed by atoms with Crippen LogP contribution >= 0.6 is 11.3 Å². The molecule has 238 valence electrons. The van der Waals surface area contributed by atoms with Crippen LogP contribution in [0.1, 0.15) is 0 Å². The van der Waals surface area contributed by atoms with Gasteiger partial charge in [0.05, 0.1) is 49.8 Å². The van der Waals surface area contributed by atoms with E-state index in [1.807, 2.05) is 11.3 Å². The normalized spacial score (nSPS) is 12.3. The van der Waals surface area contributed by atoms with E-state index in [9.17, 15) is 0 Å². The molecule has 0 unspecified atom stereocenters. The van der Waals surface area contributed by atoms with E-state index in [0.29, 0.717) is 0 Å². The highest BCUT2D eigenvalue weighted by Gasteiger charge is 2.21. The molecular weight excluding hydrogens is 645 g/mol. The lowest BCUT2D eigenvalue weighted by molar-refractivity contribution is 1.03. The smallest absolute Gasteiger partial charge is 0.223 e. The minimum atomic E-state index is 0.796. The molecule has 0 spiro atoms. The summed E-state index contributed by atoms with van der Waals surface area (Å²) in [6, 6.07) is 56.4. The van der Waals surface area contributed by atoms with Crippen molar-refractivity contribution in [1.29, 1.82) is 0 Å². The maximum atomic E-state index is 5.39. The average molecular weight is 671 g/mol. The number of rotatable bonds is 2. The molecule has 51 heavy (non-hydrogen) atoms. The summed E-state index contributed by atoms with van der Waals surface area (Å²) in [5.74, 6) is 1.60. The summed E-state index contributed by atoms with van der Waals surface area (Å²) in [7, 11) is 0. The maximum Gasteiger partial charge on any atom is 0.223 e. The van der Waals surface area contributed by atoms with Crippen LogP contribution in [0, 0.1) is 0 Å². The van der Waals surface area contributed by atoms with Crippen molar-refractivity contribution in [1.82, 2.24) is 27.9 Å². The van der Waals surface area contributed by atoms with E-state index in [2.05, 4.69) is 176 Å². The van der Waals surface area contributed by atoms with E-state index >= 15 is 0 Å². The van der Waals surface area contributed by atoms with Gasteiger partial charge in [-0.1, -0.05) is 78.9 Å². The molecule has 7 aromatic carbocycles. The zero-order valence-corrected chi connectivity index (χ0v) is 27.9. The number of imidazole rings is 2. The van der Waals surface area contributed by atoms with Gasteiger partial charge in [0.25, 0.3) is 0 Å². The quantitative estimate of drug-likeness (QED) is 0.184. The summed E-state index contributed by atoms with van der Waals surface area (Å²) in [6.45, 7) is 0. The van der Waals surface area contributed by atoms with Crippen molar-refractivity contribution < 1.29 is 0 Å². The first-order chi connectivity index (χ1) is 25.3. The molecule has 0 saturated heterocycles. The number of para-hydroxylation sites is 6. The van der Waals surface area contributed by atoms with Crippen molar-refractivity contribution in [3.05, 3.63) is 158 Å². The highest BCUT2D eigenvalue weighted by atomic mass is 32.1. The fraction of sp³-hybridized carbons (Fsp3) is 0. The van der Waals surface area contributed by atoms with Crippen LogP contribution in [0.5, 0.6) is 0 Å². The lowest BCUT2D eigenvalue weighted by Crippen LogP contribution is -2.01. The molecule has 0 fully saturated rings. The highest BCUT2D eigenvalue weighted by Crippen LogP contribution is 2.38. The summed E-state index contributed by atoms with van der Waals surface area (Å²) in [5.41, 5.74) is 10.5. The van der Waals surface area contributed by atoms with Gasteiger partial charge in [-0.05, 0) is 78.9 Å². The Morgan fingerprint density at radius 1 is 0.353 bits per heavy atom. The third-order valence-corrected chi connectivity index (χ3v) is 11.5. The fourth-order valence-electron chi connectivity index (χ4n) is 8.19. The van der Waals surface area contributed by atoms with Crippen LogP contribution in [-0.2, 0) is 0 Å². The lowest BCUT2D eigenvalue weighted by Gasteiger charge is -2.10. The van der Waals surface area contributed by atoms with Gasteiger partial charge in [-0.25, -0.2) is 14.5 Å². The largest absolute Gasteiger partial charge is 0.309 e. The van der Waals surface area contributed by atoms with Crippen LogP contribution in [-0.4, -0.2) is 27.9 Å². The van der Waals surface area contributed by atoms with Crippen molar-refractivity contribution >= 4 is 98.0 Å². The molecule has 0 bridgehead atoms. The minimum Gasteiger partial charge on any atom is -0.309 e. The Morgan fingerprint density at radius 3 is 1.55 bits per heavy atom. The van der Waals surface area contributed by atoms with Crippen LogP contribution in [0.2, 0.25) is 0 Å². The van der Waals surface area contributed by atoms with Gasteiger partial charge >= 0.3 is 0 Å². The Labute approximate surface area is 293 Å². The molecule has 0 aliphatic carbocycles. The molecule has 0 radical (unpaired) electrons. The maximum absolute atomic E-state index is 5.39. The van der Waals surface area contributed by atoms with Gasteiger partial charge in [0.1, 0.15) is 0 Å². The number of hydrogen-bond acceptors (Lipinski definition) is 3. The van der Waals surface area contributed by atoms with Gasteiger partial charge in [0.2, 0.25) is 11.6 Å². The Morgan fingerprint density at radius 2 is 0.863 bits per heavy atom. The van der Waals surface area contributed by atoms with Crippen molar-refractivity contribution in [3.63, 3.8) is 0 Å². The fourth-order valence-corrected chi connectivity index (χ4v) is 9.28. The van der Waals surface area contributed by atoms with Gasteiger partial charge in [-0.3, -0.25) is 8.80 Å². The van der Waals surface area contributed by atoms with Crippen LogP contribution < -0.4 is 0 Å². The van der Waals surface area contributed by atoms with Gasteiger partial charge in [0.15, 0.2) is 0 Å². The molecular formula is C44H26N6S. The van der Waals surface area contributed by atoms with E-state index in [-0.39, 0.29) is 0 Å². The number of thiophene rings is 1. The standard InChI is InChI=1S/C44H26N6S/c1-6-16-35-29(11-1)30-12-2-7-17-36(30)47(35)28-21-23-39-40(26-28)50-38-19-9-5-15-34(38)46-44(50)48(43-45-33-14-4-8-18-37(33)49(39)43)27-22-24-42-32(25-27)31-13-3-10-20-41(31)51-42/h1-26H. The third kappa shape index (κ3) is 3.65. The molecule has 0 amide bonds. The zero-order valence-electron chi connectivity index (χ0n) is 27.1. The van der Waals surface area contributed by atoms with E-state index in [4.69, 9.17) is 9.97 Å². The summed E-state index contributed by atoms with van der Waals surface area (Å²) in [4.78, 5) is 10.7. The van der Waals surface area contributed by atoms with Crippen LogP contribution in [0.4, 0.5) is 0 Å². The zero-order chi connectivity index (χ0) is 33.2. The molecule has 0 saturated carbocycles. The van der Waals surface area contributed by atoms with Crippen LogP contribution in [0.25, 0.3) is 98.0 Å². The molecule has 0 aliphatic rings. The predicted octanol–water partition coefficient (Wildman–Crippen LogP) is 11.3. The first-order valence-electron chi connectivity index (χ1n) is 17.1. The second-order valence-corrected chi connectivity index (χ2v) is 14.2. The monoisotopic (exact) mass is 670 g/mol.